The molecule has 0 saturated heterocycles. The summed E-state index contributed by atoms with van der Waals surface area (Å²) in [6, 6.07) is 1.95. The van der Waals surface area contributed by atoms with Crippen LogP contribution in [0.3, 0.4) is 0 Å². The van der Waals surface area contributed by atoms with E-state index < -0.39 is 28.3 Å². The van der Waals surface area contributed by atoms with Gasteiger partial charge in [-0.25, -0.2) is 0 Å². The fraction of sp³-hybridized carbons (Fsp3) is 0.125. The van der Waals surface area contributed by atoms with Gasteiger partial charge in [-0.15, -0.1) is 0 Å². The molecule has 0 spiro atoms. The van der Waals surface area contributed by atoms with Crippen LogP contribution < -0.4 is 34.7 Å². The van der Waals surface area contributed by atoms with E-state index >= 15 is 0 Å². The molecular formula is C8H3ClF3NaO2. The molecule has 0 radical (unpaired) electrons. The van der Waals surface area contributed by atoms with Crippen LogP contribution in [-0.4, -0.2) is 5.97 Å². The molecule has 0 fully saturated rings. The van der Waals surface area contributed by atoms with E-state index in [0.717, 1.165) is 6.07 Å². The molecule has 0 bridgehead atoms. The topological polar surface area (TPSA) is 40.1 Å². The Kier molecular flexibility index (Phi) is 5.13. The van der Waals surface area contributed by atoms with E-state index in [1.807, 2.05) is 0 Å². The zero-order chi connectivity index (χ0) is 10.9. The van der Waals surface area contributed by atoms with E-state index in [1.165, 1.54) is 0 Å². The molecule has 0 aliphatic rings. The number of hydrogen-bond donors (Lipinski definition) is 0. The minimum Gasteiger partial charge on any atom is -0.545 e. The summed E-state index contributed by atoms with van der Waals surface area (Å²) in [5.74, 6) is -1.61. The SMILES string of the molecule is O=C([O-])c1ccc(C(F)(F)F)cc1Cl.[Na+]. The number of carbonyl (C=O) groups is 1. The monoisotopic (exact) mass is 246 g/mol. The van der Waals surface area contributed by atoms with Crippen molar-refractivity contribution in [3.63, 3.8) is 0 Å². The summed E-state index contributed by atoms with van der Waals surface area (Å²) in [5, 5.41) is 9.82. The van der Waals surface area contributed by atoms with Crippen LogP contribution in [0.1, 0.15) is 15.9 Å². The molecule has 0 heterocycles. The average molecular weight is 247 g/mol. The molecule has 0 aromatic heterocycles. The van der Waals surface area contributed by atoms with Crippen molar-refractivity contribution in [2.24, 2.45) is 0 Å². The Hall–Kier alpha value is -0.230. The molecular weight excluding hydrogens is 244 g/mol. The molecule has 0 atom stereocenters. The molecule has 0 aliphatic heterocycles. The molecule has 0 N–H and O–H groups in total. The van der Waals surface area contributed by atoms with Crippen molar-refractivity contribution in [3.8, 4) is 0 Å². The maximum Gasteiger partial charge on any atom is 1.00 e. The van der Waals surface area contributed by atoms with Crippen LogP contribution in [0.5, 0.6) is 0 Å². The van der Waals surface area contributed by atoms with Crippen molar-refractivity contribution in [2.75, 3.05) is 0 Å². The number of benzene rings is 1. The molecule has 76 valence electrons. The molecule has 2 nitrogen and oxygen atoms in total. The van der Waals surface area contributed by atoms with Crippen LogP contribution in [0.15, 0.2) is 18.2 Å². The van der Waals surface area contributed by atoms with Crippen molar-refractivity contribution in [1.29, 1.82) is 0 Å². The molecule has 0 amide bonds. The van der Waals surface area contributed by atoms with Crippen LogP contribution in [0.2, 0.25) is 5.02 Å². The fourth-order valence-electron chi connectivity index (χ4n) is 0.857. The minimum absolute atomic E-state index is 0. The Balaban J connectivity index is 0.00000196. The van der Waals surface area contributed by atoms with Gasteiger partial charge in [0, 0.05) is 5.56 Å². The van der Waals surface area contributed by atoms with Crippen LogP contribution in [0.4, 0.5) is 13.2 Å². The van der Waals surface area contributed by atoms with Crippen molar-refractivity contribution in [1.82, 2.24) is 0 Å². The Morgan fingerprint density at radius 3 is 2.20 bits per heavy atom. The van der Waals surface area contributed by atoms with Gasteiger partial charge in [-0.05, 0) is 12.1 Å². The van der Waals surface area contributed by atoms with Crippen LogP contribution >= 0.6 is 11.6 Å². The summed E-state index contributed by atoms with van der Waals surface area (Å²) in [7, 11) is 0. The molecule has 1 aromatic carbocycles. The predicted octanol–water partition coefficient (Wildman–Crippen LogP) is -1.27. The number of alkyl halides is 3. The van der Waals surface area contributed by atoms with Gasteiger partial charge in [-0.2, -0.15) is 13.2 Å². The number of carbonyl (C=O) groups excluding carboxylic acids is 1. The second kappa shape index (κ2) is 5.21. The number of rotatable bonds is 1. The summed E-state index contributed by atoms with van der Waals surface area (Å²) in [6.45, 7) is 0. The first-order chi connectivity index (χ1) is 6.32. The fourth-order valence-corrected chi connectivity index (χ4v) is 1.11. The molecule has 0 unspecified atom stereocenters. The van der Waals surface area contributed by atoms with E-state index in [9.17, 15) is 23.1 Å². The zero-order valence-electron chi connectivity index (χ0n) is 7.56. The summed E-state index contributed by atoms with van der Waals surface area (Å²) >= 11 is 5.31. The molecule has 1 aromatic rings. The number of carboxylic acid groups (broad SMARTS) is 1. The van der Waals surface area contributed by atoms with Gasteiger partial charge in [-0.1, -0.05) is 17.7 Å². The van der Waals surface area contributed by atoms with Gasteiger partial charge in [0.2, 0.25) is 0 Å². The summed E-state index contributed by atoms with van der Waals surface area (Å²) in [5.41, 5.74) is -1.45. The van der Waals surface area contributed by atoms with Crippen LogP contribution in [0.25, 0.3) is 0 Å². The van der Waals surface area contributed by atoms with E-state index in [2.05, 4.69) is 0 Å². The number of carboxylic acids is 1. The van der Waals surface area contributed by atoms with Crippen molar-refractivity contribution in [3.05, 3.63) is 34.3 Å². The van der Waals surface area contributed by atoms with Gasteiger partial charge >= 0.3 is 35.7 Å². The quantitative estimate of drug-likeness (QED) is 0.580. The Morgan fingerprint density at radius 1 is 1.33 bits per heavy atom. The second-order valence-corrected chi connectivity index (χ2v) is 2.89. The number of halogens is 4. The third-order valence-electron chi connectivity index (χ3n) is 1.52. The summed E-state index contributed by atoms with van der Waals surface area (Å²) < 4.78 is 36.2. The van der Waals surface area contributed by atoms with Crippen molar-refractivity contribution < 1.29 is 52.6 Å². The maximum atomic E-state index is 12.1. The van der Waals surface area contributed by atoms with Crippen LogP contribution in [0, 0.1) is 0 Å². The smallest absolute Gasteiger partial charge is 0.545 e. The summed E-state index contributed by atoms with van der Waals surface area (Å²) in [4.78, 5) is 10.3. The Morgan fingerprint density at radius 2 is 1.87 bits per heavy atom. The van der Waals surface area contributed by atoms with Crippen molar-refractivity contribution in [2.45, 2.75) is 6.18 Å². The van der Waals surface area contributed by atoms with Gasteiger partial charge in [-0.3, -0.25) is 0 Å². The van der Waals surface area contributed by atoms with E-state index in [4.69, 9.17) is 11.6 Å². The Labute approximate surface area is 110 Å². The first-order valence-corrected chi connectivity index (χ1v) is 3.78. The third-order valence-corrected chi connectivity index (χ3v) is 1.83. The van der Waals surface area contributed by atoms with Gasteiger partial charge < -0.3 is 9.90 Å². The van der Waals surface area contributed by atoms with Gasteiger partial charge in [0.1, 0.15) is 0 Å². The summed E-state index contributed by atoms with van der Waals surface area (Å²) in [6.07, 6.45) is -4.53. The molecule has 0 saturated carbocycles. The number of hydrogen-bond acceptors (Lipinski definition) is 2. The van der Waals surface area contributed by atoms with Gasteiger partial charge in [0.05, 0.1) is 16.6 Å². The normalized spacial score (nSPS) is 10.7. The first kappa shape index (κ1) is 14.8. The Bertz CT molecular complexity index is 379. The standard InChI is InChI=1S/C8H4ClF3O2.Na/c9-6-3-4(8(10,11)12)1-2-5(6)7(13)14;/h1-3H,(H,13,14);/q;+1/p-1. The second-order valence-electron chi connectivity index (χ2n) is 2.48. The largest absolute Gasteiger partial charge is 1.00 e. The molecule has 0 aliphatic carbocycles. The third kappa shape index (κ3) is 3.68. The van der Waals surface area contributed by atoms with E-state index in [1.54, 1.807) is 0 Å². The molecule has 7 heteroatoms. The van der Waals surface area contributed by atoms with Gasteiger partial charge in [0.25, 0.3) is 0 Å². The minimum atomic E-state index is -4.53. The van der Waals surface area contributed by atoms with Crippen LogP contribution in [-0.2, 0) is 6.18 Å². The zero-order valence-corrected chi connectivity index (χ0v) is 10.3. The number of aromatic carboxylic acids is 1. The van der Waals surface area contributed by atoms with E-state index in [0.29, 0.717) is 12.1 Å². The molecule has 15 heavy (non-hydrogen) atoms. The first-order valence-electron chi connectivity index (χ1n) is 3.40. The molecule has 1 rings (SSSR count). The van der Waals surface area contributed by atoms with Gasteiger partial charge in [0.15, 0.2) is 0 Å². The maximum absolute atomic E-state index is 12.1. The van der Waals surface area contributed by atoms with E-state index in [-0.39, 0.29) is 29.6 Å². The average Bonchev–Trinajstić information content (AvgIpc) is 2.01. The van der Waals surface area contributed by atoms with Crippen molar-refractivity contribution >= 4 is 17.6 Å². The predicted molar refractivity (Wildman–Crippen MR) is 40.8 cm³/mol.